The van der Waals surface area contributed by atoms with Gasteiger partial charge >= 0.3 is 19.8 Å². The largest absolute Gasteiger partial charge is 0.480 e. The molecular formula is C49H90NO10P. The number of rotatable bonds is 46. The van der Waals surface area contributed by atoms with Crippen molar-refractivity contribution >= 4 is 25.7 Å². The summed E-state index contributed by atoms with van der Waals surface area (Å²) in [4.78, 5) is 46.0. The monoisotopic (exact) mass is 884 g/mol. The van der Waals surface area contributed by atoms with Crippen LogP contribution in [0.3, 0.4) is 0 Å². The molecule has 11 nitrogen and oxygen atoms in total. The number of phosphoric acid groups is 1. The van der Waals surface area contributed by atoms with Crippen LogP contribution in [0.25, 0.3) is 0 Å². The molecule has 0 saturated carbocycles. The summed E-state index contributed by atoms with van der Waals surface area (Å²) in [6.45, 7) is 2.59. The van der Waals surface area contributed by atoms with Crippen molar-refractivity contribution in [2.24, 2.45) is 0 Å². The standard InChI is InChI=1S/C49H90NO10P/c1-3-5-7-9-11-13-15-17-19-21-23-25-27-29-31-33-35-37-39-41-48(53)58-42-45(51)43-59-61(56,57)60-44-46(49(54)55)50-47(52)40-38-36-34-32-30-28-26-24-22-20-18-16-14-12-10-8-6-4-2/h14,16-17,19-20,22,45-46,51H,3-13,15,18,21,23-44H2,1-2H3,(H,50,52)(H,54,55)(H,56,57)/b16-14-,19-17+,22-20-. The normalized spacial score (nSPS) is 13.9. The van der Waals surface area contributed by atoms with E-state index < -0.39 is 57.6 Å². The Morgan fingerprint density at radius 1 is 0.525 bits per heavy atom. The fourth-order valence-corrected chi connectivity index (χ4v) is 7.58. The number of amides is 1. The highest BCUT2D eigenvalue weighted by molar-refractivity contribution is 7.47. The highest BCUT2D eigenvalue weighted by atomic mass is 31.2. The second-order valence-electron chi connectivity index (χ2n) is 16.6. The Morgan fingerprint density at radius 2 is 0.902 bits per heavy atom. The molecule has 0 aliphatic rings. The fourth-order valence-electron chi connectivity index (χ4n) is 6.81. The molecule has 0 aromatic rings. The number of carboxylic acid groups (broad SMARTS) is 1. The second kappa shape index (κ2) is 44.3. The van der Waals surface area contributed by atoms with Gasteiger partial charge in [0.2, 0.25) is 5.91 Å². The van der Waals surface area contributed by atoms with Crippen LogP contribution in [0.2, 0.25) is 0 Å². The predicted octanol–water partition coefficient (Wildman–Crippen LogP) is 13.2. The van der Waals surface area contributed by atoms with E-state index in [9.17, 15) is 34.1 Å². The molecule has 4 N–H and O–H groups in total. The van der Waals surface area contributed by atoms with E-state index in [0.717, 1.165) is 57.8 Å². The van der Waals surface area contributed by atoms with Gasteiger partial charge in [-0.15, -0.1) is 0 Å². The van der Waals surface area contributed by atoms with Gasteiger partial charge in [0.15, 0.2) is 6.04 Å². The first kappa shape index (κ1) is 58.7. The zero-order valence-electron chi connectivity index (χ0n) is 38.7. The molecule has 0 bridgehead atoms. The zero-order valence-corrected chi connectivity index (χ0v) is 39.6. The highest BCUT2D eigenvalue weighted by Crippen LogP contribution is 2.43. The van der Waals surface area contributed by atoms with Crippen molar-refractivity contribution in [2.45, 2.75) is 238 Å². The minimum absolute atomic E-state index is 0.137. The molecule has 0 spiro atoms. The van der Waals surface area contributed by atoms with Gasteiger partial charge in [-0.2, -0.15) is 0 Å². The zero-order chi connectivity index (χ0) is 44.9. The van der Waals surface area contributed by atoms with Crippen molar-refractivity contribution in [1.29, 1.82) is 0 Å². The number of carbonyl (C=O) groups excluding carboxylic acids is 2. The number of hydrogen-bond donors (Lipinski definition) is 4. The third-order valence-corrected chi connectivity index (χ3v) is 11.6. The number of ether oxygens (including phenoxy) is 1. The van der Waals surface area contributed by atoms with E-state index in [-0.39, 0.29) is 12.8 Å². The number of phosphoric ester groups is 1. The number of aliphatic hydroxyl groups excluding tert-OH is 1. The quantitative estimate of drug-likeness (QED) is 0.0200. The Balaban J connectivity index is 3.86. The van der Waals surface area contributed by atoms with Crippen LogP contribution in [-0.2, 0) is 32.7 Å². The summed E-state index contributed by atoms with van der Waals surface area (Å²) in [5.41, 5.74) is 0. The van der Waals surface area contributed by atoms with E-state index in [1.54, 1.807) is 0 Å². The molecule has 0 aromatic carbocycles. The van der Waals surface area contributed by atoms with Crippen LogP contribution in [-0.4, -0.2) is 64.9 Å². The molecule has 0 heterocycles. The van der Waals surface area contributed by atoms with Crippen LogP contribution in [0.1, 0.15) is 226 Å². The van der Waals surface area contributed by atoms with Gasteiger partial charge in [-0.05, 0) is 70.6 Å². The lowest BCUT2D eigenvalue weighted by Crippen LogP contribution is -2.43. The molecule has 0 aromatic heterocycles. The van der Waals surface area contributed by atoms with Gasteiger partial charge in [0.25, 0.3) is 0 Å². The maximum atomic E-state index is 12.3. The summed E-state index contributed by atoms with van der Waals surface area (Å²) >= 11 is 0. The maximum absolute atomic E-state index is 12.3. The first-order chi connectivity index (χ1) is 29.6. The average molecular weight is 884 g/mol. The van der Waals surface area contributed by atoms with Crippen LogP contribution in [0.4, 0.5) is 0 Å². The summed E-state index contributed by atoms with van der Waals surface area (Å²) in [6.07, 6.45) is 48.7. The first-order valence-electron chi connectivity index (χ1n) is 24.5. The first-order valence-corrected chi connectivity index (χ1v) is 26.0. The highest BCUT2D eigenvalue weighted by Gasteiger charge is 2.28. The van der Waals surface area contributed by atoms with E-state index in [4.69, 9.17) is 13.8 Å². The average Bonchev–Trinajstić information content (AvgIpc) is 3.24. The lowest BCUT2D eigenvalue weighted by Gasteiger charge is -2.18. The van der Waals surface area contributed by atoms with Crippen LogP contribution >= 0.6 is 7.82 Å². The molecule has 0 saturated heterocycles. The summed E-state index contributed by atoms with van der Waals surface area (Å²) in [5.74, 6) is -2.38. The molecular weight excluding hydrogens is 794 g/mol. The Morgan fingerprint density at radius 3 is 1.36 bits per heavy atom. The van der Waals surface area contributed by atoms with Gasteiger partial charge in [0.05, 0.1) is 13.2 Å². The minimum Gasteiger partial charge on any atom is -0.480 e. The number of hydrogen-bond acceptors (Lipinski definition) is 8. The molecule has 0 rings (SSSR count). The molecule has 0 fully saturated rings. The van der Waals surface area contributed by atoms with Crippen LogP contribution in [0.5, 0.6) is 0 Å². The van der Waals surface area contributed by atoms with Gasteiger partial charge in [-0.25, -0.2) is 9.36 Å². The van der Waals surface area contributed by atoms with Gasteiger partial charge in [-0.3, -0.25) is 18.6 Å². The molecule has 0 aliphatic carbocycles. The number of aliphatic hydroxyl groups is 1. The smallest absolute Gasteiger partial charge is 0.472 e. The lowest BCUT2D eigenvalue weighted by molar-refractivity contribution is -0.147. The van der Waals surface area contributed by atoms with Crippen LogP contribution in [0, 0.1) is 0 Å². The van der Waals surface area contributed by atoms with E-state index in [1.165, 1.54) is 128 Å². The molecule has 3 unspecified atom stereocenters. The molecule has 0 radical (unpaired) electrons. The topological polar surface area (TPSA) is 169 Å². The van der Waals surface area contributed by atoms with Crippen LogP contribution in [0.15, 0.2) is 36.5 Å². The molecule has 356 valence electrons. The Bertz CT molecular complexity index is 1180. The Kier molecular flexibility index (Phi) is 42.6. The van der Waals surface area contributed by atoms with E-state index in [1.807, 2.05) is 0 Å². The van der Waals surface area contributed by atoms with Crippen molar-refractivity contribution < 1.29 is 47.8 Å². The predicted molar refractivity (Wildman–Crippen MR) is 249 cm³/mol. The van der Waals surface area contributed by atoms with E-state index in [0.29, 0.717) is 12.8 Å². The molecule has 1 amide bonds. The van der Waals surface area contributed by atoms with Crippen molar-refractivity contribution in [3.63, 3.8) is 0 Å². The number of aliphatic carboxylic acids is 1. The number of unbranched alkanes of at least 4 members (excludes halogenated alkanes) is 26. The van der Waals surface area contributed by atoms with Crippen molar-refractivity contribution in [3.8, 4) is 0 Å². The number of carboxylic acids is 1. The number of allylic oxidation sites excluding steroid dienone is 6. The summed E-state index contributed by atoms with van der Waals surface area (Å²) in [7, 11) is -4.76. The third-order valence-electron chi connectivity index (χ3n) is 10.7. The number of nitrogens with one attached hydrogen (secondary N) is 1. The Labute approximate surface area is 371 Å². The van der Waals surface area contributed by atoms with Crippen molar-refractivity contribution in [1.82, 2.24) is 5.32 Å². The molecule has 0 aliphatic heterocycles. The number of esters is 1. The molecule has 3 atom stereocenters. The van der Waals surface area contributed by atoms with E-state index in [2.05, 4.69) is 55.6 Å². The van der Waals surface area contributed by atoms with Gasteiger partial charge in [0.1, 0.15) is 12.7 Å². The minimum atomic E-state index is -4.76. The maximum Gasteiger partial charge on any atom is 0.472 e. The summed E-state index contributed by atoms with van der Waals surface area (Å²) in [5, 5.41) is 21.9. The Hall–Kier alpha value is -2.30. The number of carbonyl (C=O) groups is 3. The SMILES string of the molecule is CCCCCC/C=C\C/C=C\CCCCCCCCCC(=O)NC(COP(=O)(O)OCC(O)COC(=O)CCCCCCCCCCC/C=C/CCCCCCCC)C(=O)O. The molecule has 12 heteroatoms. The van der Waals surface area contributed by atoms with Crippen LogP contribution < -0.4 is 5.32 Å². The van der Waals surface area contributed by atoms with Gasteiger partial charge in [-0.1, -0.05) is 179 Å². The molecule has 61 heavy (non-hydrogen) atoms. The third kappa shape index (κ3) is 44.1. The van der Waals surface area contributed by atoms with Crippen molar-refractivity contribution in [2.75, 3.05) is 19.8 Å². The van der Waals surface area contributed by atoms with E-state index >= 15 is 0 Å². The summed E-state index contributed by atoms with van der Waals surface area (Å²) < 4.78 is 26.9. The lowest BCUT2D eigenvalue weighted by atomic mass is 10.1. The van der Waals surface area contributed by atoms with Gasteiger partial charge < -0.3 is 25.2 Å². The second-order valence-corrected chi connectivity index (χ2v) is 18.1. The fraction of sp³-hybridized carbons (Fsp3) is 0.816. The summed E-state index contributed by atoms with van der Waals surface area (Å²) in [6, 6.07) is -1.55. The van der Waals surface area contributed by atoms with Gasteiger partial charge in [0, 0.05) is 12.8 Å². The van der Waals surface area contributed by atoms with Crippen molar-refractivity contribution in [3.05, 3.63) is 36.5 Å².